The molecule has 1 aliphatic heterocycles. The van der Waals surface area contributed by atoms with Gasteiger partial charge in [-0.25, -0.2) is 8.42 Å². The third-order valence-electron chi connectivity index (χ3n) is 5.22. The second-order valence-corrected chi connectivity index (χ2v) is 11.2. The highest BCUT2D eigenvalue weighted by Gasteiger charge is 2.39. The molecule has 8 nitrogen and oxygen atoms in total. The minimum absolute atomic E-state index is 0.0543. The molecule has 172 valence electrons. The van der Waals surface area contributed by atoms with E-state index in [1.807, 2.05) is 5.38 Å². The lowest BCUT2D eigenvalue weighted by Gasteiger charge is -2.36. The number of piperazine rings is 1. The van der Waals surface area contributed by atoms with Crippen molar-refractivity contribution in [1.82, 2.24) is 15.1 Å². The van der Waals surface area contributed by atoms with Gasteiger partial charge in [-0.2, -0.15) is 0 Å². The Hall–Kier alpha value is -3.02. The fourth-order valence-electron chi connectivity index (χ4n) is 3.47. The highest BCUT2D eigenvalue weighted by atomic mass is 32.2. The topological polar surface area (TPSA) is 104 Å². The van der Waals surface area contributed by atoms with Crippen LogP contribution in [0.2, 0.25) is 0 Å². The van der Waals surface area contributed by atoms with Gasteiger partial charge in [0.05, 0.1) is 14.6 Å². The van der Waals surface area contributed by atoms with E-state index < -0.39 is 27.0 Å². The Morgan fingerprint density at radius 1 is 0.788 bits per heavy atom. The summed E-state index contributed by atoms with van der Waals surface area (Å²) < 4.78 is 26.7. The molecule has 0 spiro atoms. The van der Waals surface area contributed by atoms with Crippen LogP contribution in [0.5, 0.6) is 0 Å². The van der Waals surface area contributed by atoms with Crippen LogP contribution in [0.3, 0.4) is 0 Å². The lowest BCUT2D eigenvalue weighted by atomic mass is 10.3. The molecule has 3 amide bonds. The second kappa shape index (κ2) is 9.86. The molecule has 0 aliphatic carbocycles. The van der Waals surface area contributed by atoms with Crippen LogP contribution < -0.4 is 5.32 Å². The van der Waals surface area contributed by atoms with Crippen molar-refractivity contribution >= 4 is 50.2 Å². The van der Waals surface area contributed by atoms with E-state index in [0.29, 0.717) is 9.75 Å². The van der Waals surface area contributed by atoms with Crippen molar-refractivity contribution in [2.24, 2.45) is 0 Å². The van der Waals surface area contributed by atoms with Crippen molar-refractivity contribution in [1.29, 1.82) is 0 Å². The van der Waals surface area contributed by atoms with Crippen LogP contribution >= 0.6 is 22.7 Å². The van der Waals surface area contributed by atoms with Gasteiger partial charge in [-0.05, 0) is 35.0 Å². The molecule has 0 radical (unpaired) electrons. The molecular weight excluding hydrogens is 482 g/mol. The summed E-state index contributed by atoms with van der Waals surface area (Å²) in [6.07, 6.45) is 0. The normalized spacial score (nSPS) is 15.2. The van der Waals surface area contributed by atoms with Crippen LogP contribution in [0.25, 0.3) is 0 Å². The van der Waals surface area contributed by atoms with E-state index in [0.717, 1.165) is 11.3 Å². The molecule has 1 aromatic carbocycles. The second-order valence-electron chi connectivity index (χ2n) is 7.28. The van der Waals surface area contributed by atoms with Crippen LogP contribution in [-0.4, -0.2) is 67.5 Å². The van der Waals surface area contributed by atoms with Gasteiger partial charge in [0.2, 0.25) is 15.2 Å². The first-order valence-electron chi connectivity index (χ1n) is 10.1. The molecule has 2 aromatic heterocycles. The number of hydrogen-bond donors (Lipinski definition) is 1. The summed E-state index contributed by atoms with van der Waals surface area (Å²) in [5, 5.41) is 4.17. The van der Waals surface area contributed by atoms with Gasteiger partial charge in [0.1, 0.15) is 0 Å². The zero-order chi connectivity index (χ0) is 23.4. The summed E-state index contributed by atoms with van der Waals surface area (Å²) in [4.78, 5) is 42.5. The Bertz CT molecular complexity index is 1220. The van der Waals surface area contributed by atoms with Crippen molar-refractivity contribution in [2.75, 3.05) is 26.2 Å². The number of carbonyl (C=O) groups is 3. The van der Waals surface area contributed by atoms with Gasteiger partial charge in [0, 0.05) is 26.2 Å². The summed E-state index contributed by atoms with van der Waals surface area (Å²) in [6.45, 7) is 0.899. The SMILES string of the molecule is O=C(N[C@@H](C(=O)N1CCN(C(=O)c2cccs2)CC1)S(=O)(=O)c1ccccc1)c1cccs1. The number of nitrogens with one attached hydrogen (secondary N) is 1. The minimum atomic E-state index is -4.20. The number of sulfone groups is 1. The monoisotopic (exact) mass is 503 g/mol. The van der Waals surface area contributed by atoms with Crippen LogP contribution in [0.15, 0.2) is 70.3 Å². The van der Waals surface area contributed by atoms with Crippen LogP contribution in [0.4, 0.5) is 0 Å². The minimum Gasteiger partial charge on any atom is -0.336 e. The summed E-state index contributed by atoms with van der Waals surface area (Å²) in [5.74, 6) is -1.46. The summed E-state index contributed by atoms with van der Waals surface area (Å²) >= 11 is 2.50. The van der Waals surface area contributed by atoms with Crippen LogP contribution in [0.1, 0.15) is 19.3 Å². The van der Waals surface area contributed by atoms with Gasteiger partial charge in [0.25, 0.3) is 17.7 Å². The van der Waals surface area contributed by atoms with Gasteiger partial charge >= 0.3 is 0 Å². The van der Waals surface area contributed by atoms with Crippen molar-refractivity contribution in [3.05, 3.63) is 75.1 Å². The average Bonchev–Trinajstić information content (AvgIpc) is 3.57. The molecule has 1 saturated heterocycles. The van der Waals surface area contributed by atoms with Gasteiger partial charge in [-0.3, -0.25) is 14.4 Å². The largest absolute Gasteiger partial charge is 0.336 e. The molecule has 1 atom stereocenters. The van der Waals surface area contributed by atoms with Crippen molar-refractivity contribution in [3.63, 3.8) is 0 Å². The smallest absolute Gasteiger partial charge is 0.264 e. The molecule has 3 heterocycles. The first-order chi connectivity index (χ1) is 15.9. The number of amides is 3. The highest BCUT2D eigenvalue weighted by molar-refractivity contribution is 7.92. The standard InChI is InChI=1S/C22H21N3O5S3/c26-19(17-8-4-14-31-17)23-20(33(29,30)16-6-2-1-3-7-16)22(28)25-12-10-24(11-13-25)21(27)18-9-5-15-32-18/h1-9,14-15,20H,10-13H2,(H,23,26)/t20-/m1/s1. The zero-order valence-corrected chi connectivity index (χ0v) is 19.9. The maximum Gasteiger partial charge on any atom is 0.264 e. The van der Waals surface area contributed by atoms with Crippen molar-refractivity contribution < 1.29 is 22.8 Å². The third kappa shape index (κ3) is 5.00. The number of benzene rings is 1. The van der Waals surface area contributed by atoms with Crippen molar-refractivity contribution in [3.8, 4) is 0 Å². The van der Waals surface area contributed by atoms with E-state index in [1.165, 1.54) is 28.4 Å². The van der Waals surface area contributed by atoms with Crippen LogP contribution in [0, 0.1) is 0 Å². The van der Waals surface area contributed by atoms with E-state index in [-0.39, 0.29) is 37.0 Å². The van der Waals surface area contributed by atoms with Gasteiger partial charge < -0.3 is 15.1 Å². The van der Waals surface area contributed by atoms with E-state index >= 15 is 0 Å². The first-order valence-corrected chi connectivity index (χ1v) is 13.4. The first kappa shape index (κ1) is 23.1. The number of thiophene rings is 2. The molecule has 1 N–H and O–H groups in total. The molecule has 33 heavy (non-hydrogen) atoms. The number of rotatable bonds is 6. The fraction of sp³-hybridized carbons (Fsp3) is 0.227. The van der Waals surface area contributed by atoms with E-state index in [9.17, 15) is 22.8 Å². The number of carbonyl (C=O) groups excluding carboxylic acids is 3. The quantitative estimate of drug-likeness (QED) is 0.556. The lowest BCUT2D eigenvalue weighted by Crippen LogP contribution is -2.57. The number of nitrogens with zero attached hydrogens (tertiary/aromatic N) is 2. The molecular formula is C22H21N3O5S3. The zero-order valence-electron chi connectivity index (χ0n) is 17.4. The maximum absolute atomic E-state index is 13.4. The fourth-order valence-corrected chi connectivity index (χ4v) is 6.27. The predicted octanol–water partition coefficient (Wildman–Crippen LogP) is 2.32. The molecule has 3 aromatic rings. The third-order valence-corrected chi connectivity index (χ3v) is 8.82. The highest BCUT2D eigenvalue weighted by Crippen LogP contribution is 2.20. The van der Waals surface area contributed by atoms with Crippen LogP contribution in [-0.2, 0) is 14.6 Å². The molecule has 11 heteroatoms. The number of hydrogen-bond acceptors (Lipinski definition) is 7. The Morgan fingerprint density at radius 3 is 1.94 bits per heavy atom. The Balaban J connectivity index is 1.53. The van der Waals surface area contributed by atoms with Gasteiger partial charge in [-0.15, -0.1) is 22.7 Å². The Kier molecular flexibility index (Phi) is 6.91. The molecule has 1 fully saturated rings. The molecule has 0 bridgehead atoms. The molecule has 1 aliphatic rings. The van der Waals surface area contributed by atoms with E-state index in [4.69, 9.17) is 0 Å². The predicted molar refractivity (Wildman–Crippen MR) is 126 cm³/mol. The Labute approximate surface area is 199 Å². The molecule has 0 unspecified atom stereocenters. The maximum atomic E-state index is 13.4. The summed E-state index contributed by atoms with van der Waals surface area (Å²) in [5.41, 5.74) is 0. The summed E-state index contributed by atoms with van der Waals surface area (Å²) in [7, 11) is -4.20. The average molecular weight is 504 g/mol. The van der Waals surface area contributed by atoms with Crippen molar-refractivity contribution in [2.45, 2.75) is 10.3 Å². The lowest BCUT2D eigenvalue weighted by molar-refractivity contribution is -0.132. The van der Waals surface area contributed by atoms with Gasteiger partial charge in [0.15, 0.2) is 0 Å². The Morgan fingerprint density at radius 2 is 1.36 bits per heavy atom. The van der Waals surface area contributed by atoms with E-state index in [2.05, 4.69) is 5.32 Å². The van der Waals surface area contributed by atoms with Gasteiger partial charge in [-0.1, -0.05) is 30.3 Å². The molecule has 4 rings (SSSR count). The molecule has 0 saturated carbocycles. The van der Waals surface area contributed by atoms with E-state index in [1.54, 1.807) is 52.7 Å². The summed E-state index contributed by atoms with van der Waals surface area (Å²) in [6, 6.07) is 14.4.